The Hall–Kier alpha value is -2.35. The second-order valence-electron chi connectivity index (χ2n) is 2.71. The van der Waals surface area contributed by atoms with E-state index in [9.17, 15) is 10.1 Å². The summed E-state index contributed by atoms with van der Waals surface area (Å²) in [6.07, 6.45) is 1.34. The smallest absolute Gasteiger partial charge is 0.258 e. The number of hydrogen-bond acceptors (Lipinski definition) is 3. The molecule has 0 unspecified atom stereocenters. The summed E-state index contributed by atoms with van der Waals surface area (Å²) in [7, 11) is 0. The van der Waals surface area contributed by atoms with Crippen LogP contribution in [0.25, 0.3) is 5.57 Å². The minimum absolute atomic E-state index is 0.0657. The van der Waals surface area contributed by atoms with Crippen molar-refractivity contribution in [2.24, 2.45) is 0 Å². The molecule has 1 aromatic rings. The van der Waals surface area contributed by atoms with Crippen molar-refractivity contribution < 1.29 is 4.92 Å². The van der Waals surface area contributed by atoms with Gasteiger partial charge in [0.1, 0.15) is 11.8 Å². The summed E-state index contributed by atoms with van der Waals surface area (Å²) in [6.45, 7) is 0. The molecule has 1 radical (unpaired) electrons. The molecule has 67 valence electrons. The molecule has 0 atom stereocenters. The van der Waals surface area contributed by atoms with E-state index in [0.717, 1.165) is 0 Å². The zero-order valence-electron chi connectivity index (χ0n) is 6.97. The normalized spacial score (nSPS) is 12.4. The Bertz CT molecular complexity index is 485. The van der Waals surface area contributed by atoms with Gasteiger partial charge in [-0.25, -0.2) is 5.32 Å². The number of nitrogens with zero attached hydrogens (tertiary/aromatic N) is 3. The SMILES string of the molecule is N#CC1=C[N]c2c1cccc2[N+](=O)[O-]. The molecule has 2 rings (SSSR count). The van der Waals surface area contributed by atoms with Gasteiger partial charge in [0.2, 0.25) is 0 Å². The third kappa shape index (κ3) is 1.02. The molecule has 0 spiro atoms. The maximum atomic E-state index is 10.6. The number of rotatable bonds is 1. The number of allylic oxidation sites excluding steroid dienone is 1. The van der Waals surface area contributed by atoms with Crippen molar-refractivity contribution in [1.82, 2.24) is 5.32 Å². The van der Waals surface area contributed by atoms with Crippen LogP contribution in [0.5, 0.6) is 0 Å². The van der Waals surface area contributed by atoms with Crippen molar-refractivity contribution in [3.8, 4) is 6.07 Å². The molecule has 1 aliphatic rings. The first kappa shape index (κ1) is 8.26. The highest BCUT2D eigenvalue weighted by molar-refractivity contribution is 5.90. The molecule has 5 heteroatoms. The Labute approximate surface area is 79.4 Å². The molecule has 14 heavy (non-hydrogen) atoms. The second-order valence-corrected chi connectivity index (χ2v) is 2.71. The fourth-order valence-electron chi connectivity index (χ4n) is 1.32. The number of nitro benzene ring substituents is 1. The Morgan fingerprint density at radius 1 is 1.50 bits per heavy atom. The predicted molar refractivity (Wildman–Crippen MR) is 48.5 cm³/mol. The van der Waals surface area contributed by atoms with Gasteiger partial charge < -0.3 is 0 Å². The van der Waals surface area contributed by atoms with Gasteiger partial charge >= 0.3 is 0 Å². The number of nitriles is 1. The number of benzene rings is 1. The molecule has 0 fully saturated rings. The third-order valence-electron chi connectivity index (χ3n) is 1.94. The summed E-state index contributed by atoms with van der Waals surface area (Å²) in [4.78, 5) is 10.1. The summed E-state index contributed by atoms with van der Waals surface area (Å²) < 4.78 is 0. The fourth-order valence-corrected chi connectivity index (χ4v) is 1.32. The van der Waals surface area contributed by atoms with E-state index in [1.807, 2.05) is 6.07 Å². The number of nitro groups is 1. The van der Waals surface area contributed by atoms with Gasteiger partial charge in [0.15, 0.2) is 0 Å². The number of para-hydroxylation sites is 1. The highest BCUT2D eigenvalue weighted by Crippen LogP contribution is 2.36. The minimum atomic E-state index is -0.503. The van der Waals surface area contributed by atoms with Crippen molar-refractivity contribution in [3.63, 3.8) is 0 Å². The van der Waals surface area contributed by atoms with Crippen LogP contribution in [0.2, 0.25) is 0 Å². The maximum Gasteiger partial charge on any atom is 0.295 e. The standard InChI is InChI=1S/C9H4N3O2/c10-4-6-5-11-9-7(6)2-1-3-8(9)12(13)14/h1-3,5H. The first-order valence-corrected chi connectivity index (χ1v) is 3.83. The molecule has 0 amide bonds. The average Bonchev–Trinajstić information content (AvgIpc) is 2.59. The van der Waals surface area contributed by atoms with Crippen LogP contribution in [0, 0.1) is 21.4 Å². The summed E-state index contributed by atoms with van der Waals surface area (Å²) in [5.41, 5.74) is 1.10. The van der Waals surface area contributed by atoms with Crippen LogP contribution in [0.4, 0.5) is 11.4 Å². The average molecular weight is 186 g/mol. The van der Waals surface area contributed by atoms with Gasteiger partial charge in [-0.2, -0.15) is 5.26 Å². The van der Waals surface area contributed by atoms with E-state index in [4.69, 9.17) is 5.26 Å². The van der Waals surface area contributed by atoms with Crippen molar-refractivity contribution in [2.75, 3.05) is 0 Å². The van der Waals surface area contributed by atoms with E-state index in [0.29, 0.717) is 11.1 Å². The zero-order chi connectivity index (χ0) is 10.1. The first-order chi connectivity index (χ1) is 6.74. The van der Waals surface area contributed by atoms with E-state index in [-0.39, 0.29) is 11.4 Å². The zero-order valence-corrected chi connectivity index (χ0v) is 6.97. The molecule has 5 nitrogen and oxygen atoms in total. The fraction of sp³-hybridized carbons (Fsp3) is 0. The van der Waals surface area contributed by atoms with Gasteiger partial charge in [0.05, 0.1) is 10.5 Å². The highest BCUT2D eigenvalue weighted by Gasteiger charge is 2.24. The van der Waals surface area contributed by atoms with E-state index < -0.39 is 4.92 Å². The lowest BCUT2D eigenvalue weighted by Gasteiger charge is -1.98. The molecule has 0 saturated carbocycles. The quantitative estimate of drug-likeness (QED) is 0.494. The molecule has 0 N–H and O–H groups in total. The van der Waals surface area contributed by atoms with Gasteiger partial charge in [-0.1, -0.05) is 12.1 Å². The summed E-state index contributed by atoms with van der Waals surface area (Å²) in [5, 5.41) is 23.1. The topological polar surface area (TPSA) is 81.0 Å². The Balaban J connectivity index is 2.61. The van der Waals surface area contributed by atoms with Crippen molar-refractivity contribution in [2.45, 2.75) is 0 Å². The first-order valence-electron chi connectivity index (χ1n) is 3.83. The minimum Gasteiger partial charge on any atom is -0.258 e. The lowest BCUT2D eigenvalue weighted by atomic mass is 10.1. The number of fused-ring (bicyclic) bond motifs is 1. The van der Waals surface area contributed by atoms with Gasteiger partial charge in [-0.15, -0.1) is 0 Å². The molecular formula is C9H4N3O2. The molecule has 0 saturated heterocycles. The lowest BCUT2D eigenvalue weighted by Crippen LogP contribution is -1.93. The van der Waals surface area contributed by atoms with Gasteiger partial charge in [0, 0.05) is 17.8 Å². The van der Waals surface area contributed by atoms with E-state index in [1.165, 1.54) is 12.3 Å². The van der Waals surface area contributed by atoms with Crippen LogP contribution >= 0.6 is 0 Å². The monoisotopic (exact) mass is 186 g/mol. The molecule has 1 heterocycles. The molecular weight excluding hydrogens is 182 g/mol. The predicted octanol–water partition coefficient (Wildman–Crippen LogP) is 1.71. The van der Waals surface area contributed by atoms with Gasteiger partial charge in [0.25, 0.3) is 5.69 Å². The summed E-state index contributed by atoms with van der Waals surface area (Å²) >= 11 is 0. The molecule has 1 aromatic carbocycles. The van der Waals surface area contributed by atoms with Crippen LogP contribution in [-0.4, -0.2) is 4.92 Å². The van der Waals surface area contributed by atoms with E-state index >= 15 is 0 Å². The molecule has 0 aromatic heterocycles. The molecule has 1 aliphatic heterocycles. The summed E-state index contributed by atoms with van der Waals surface area (Å²) in [5.74, 6) is 0. The van der Waals surface area contributed by atoms with Crippen LogP contribution < -0.4 is 5.32 Å². The third-order valence-corrected chi connectivity index (χ3v) is 1.94. The Morgan fingerprint density at radius 2 is 2.29 bits per heavy atom. The molecule has 0 aliphatic carbocycles. The Morgan fingerprint density at radius 3 is 2.93 bits per heavy atom. The van der Waals surface area contributed by atoms with Crippen molar-refractivity contribution in [1.29, 1.82) is 5.26 Å². The van der Waals surface area contributed by atoms with Crippen LogP contribution in [0.3, 0.4) is 0 Å². The second kappa shape index (κ2) is 2.85. The van der Waals surface area contributed by atoms with Crippen LogP contribution in [0.15, 0.2) is 24.4 Å². The van der Waals surface area contributed by atoms with E-state index in [1.54, 1.807) is 12.1 Å². The molecule has 0 bridgehead atoms. The van der Waals surface area contributed by atoms with Gasteiger partial charge in [-0.3, -0.25) is 10.1 Å². The van der Waals surface area contributed by atoms with Crippen molar-refractivity contribution in [3.05, 3.63) is 40.1 Å². The highest BCUT2D eigenvalue weighted by atomic mass is 16.6. The van der Waals surface area contributed by atoms with Crippen LogP contribution in [0.1, 0.15) is 5.56 Å². The van der Waals surface area contributed by atoms with Gasteiger partial charge in [-0.05, 0) is 0 Å². The lowest BCUT2D eigenvalue weighted by molar-refractivity contribution is -0.384. The van der Waals surface area contributed by atoms with Crippen LogP contribution in [-0.2, 0) is 0 Å². The Kier molecular flexibility index (Phi) is 1.68. The van der Waals surface area contributed by atoms with Crippen molar-refractivity contribution >= 4 is 16.9 Å². The largest absolute Gasteiger partial charge is 0.295 e. The maximum absolute atomic E-state index is 10.6. The summed E-state index contributed by atoms with van der Waals surface area (Å²) in [6, 6.07) is 6.49. The van der Waals surface area contributed by atoms with E-state index in [2.05, 4.69) is 5.32 Å². The number of hydrogen-bond donors (Lipinski definition) is 0.